The lowest BCUT2D eigenvalue weighted by atomic mass is 9.92. The molecule has 30 heavy (non-hydrogen) atoms. The van der Waals surface area contributed by atoms with Gasteiger partial charge in [0.05, 0.1) is 35.5 Å². The summed E-state index contributed by atoms with van der Waals surface area (Å²) in [5.74, 6) is 0.491. The maximum atomic E-state index is 11.4. The maximum Gasteiger partial charge on any atom is 0.303 e. The van der Waals surface area contributed by atoms with Crippen LogP contribution in [0.2, 0.25) is 5.02 Å². The van der Waals surface area contributed by atoms with Crippen LogP contribution in [0.1, 0.15) is 43.4 Å². The van der Waals surface area contributed by atoms with E-state index in [4.69, 9.17) is 21.3 Å². The van der Waals surface area contributed by atoms with Crippen LogP contribution in [0, 0.1) is 6.92 Å². The largest absolute Gasteiger partial charge is 0.481 e. The molecule has 158 valence electrons. The molecule has 2 aromatic heterocycles. The summed E-state index contributed by atoms with van der Waals surface area (Å²) in [6.07, 6.45) is 1.75. The molecule has 0 radical (unpaired) electrons. The summed E-state index contributed by atoms with van der Waals surface area (Å²) in [5, 5.41) is 9.96. The Morgan fingerprint density at radius 3 is 2.73 bits per heavy atom. The second-order valence-corrected chi connectivity index (χ2v) is 7.97. The first kappa shape index (κ1) is 20.5. The zero-order valence-electron chi connectivity index (χ0n) is 17.4. The first-order chi connectivity index (χ1) is 14.4. The van der Waals surface area contributed by atoms with Crippen molar-refractivity contribution in [1.82, 2.24) is 14.5 Å². The van der Waals surface area contributed by atoms with E-state index in [-0.39, 0.29) is 12.3 Å². The number of methoxy groups -OCH3 is 1. The number of imidazole rings is 1. The van der Waals surface area contributed by atoms with Gasteiger partial charge in [0, 0.05) is 19.2 Å². The minimum Gasteiger partial charge on any atom is -0.481 e. The highest BCUT2D eigenvalue weighted by Gasteiger charge is 2.28. The minimum atomic E-state index is -0.801. The zero-order valence-corrected chi connectivity index (χ0v) is 18.1. The molecule has 0 fully saturated rings. The number of carboxylic acids is 1. The molecule has 0 bridgehead atoms. The molecule has 0 saturated carbocycles. The highest BCUT2D eigenvalue weighted by Crippen LogP contribution is 2.40. The Bertz CT molecular complexity index is 1110. The number of hydrogen-bond donors (Lipinski definition) is 1. The predicted molar refractivity (Wildman–Crippen MR) is 117 cm³/mol. The van der Waals surface area contributed by atoms with Crippen molar-refractivity contribution in [1.29, 1.82) is 0 Å². The minimum absolute atomic E-state index is 0.0823. The molecule has 3 aromatic rings. The average molecular weight is 429 g/mol. The van der Waals surface area contributed by atoms with Crippen LogP contribution in [0.5, 0.6) is 5.88 Å². The molecular formula is C22H25ClN4O3. The summed E-state index contributed by atoms with van der Waals surface area (Å²) in [5.41, 5.74) is 4.48. The summed E-state index contributed by atoms with van der Waals surface area (Å²) in [4.78, 5) is 23.0. The van der Waals surface area contributed by atoms with Gasteiger partial charge < -0.3 is 19.3 Å². The molecule has 7 nitrogen and oxygen atoms in total. The van der Waals surface area contributed by atoms with E-state index in [0.29, 0.717) is 10.9 Å². The van der Waals surface area contributed by atoms with Gasteiger partial charge in [-0.2, -0.15) is 0 Å². The van der Waals surface area contributed by atoms with Gasteiger partial charge in [-0.1, -0.05) is 24.6 Å². The summed E-state index contributed by atoms with van der Waals surface area (Å²) < 4.78 is 7.42. The fourth-order valence-corrected chi connectivity index (χ4v) is 4.49. The Morgan fingerprint density at radius 1 is 1.27 bits per heavy atom. The van der Waals surface area contributed by atoms with Gasteiger partial charge in [0.15, 0.2) is 0 Å². The van der Waals surface area contributed by atoms with Gasteiger partial charge in [-0.05, 0) is 43.4 Å². The number of fused-ring (bicyclic) bond motifs is 3. The van der Waals surface area contributed by atoms with E-state index >= 15 is 0 Å². The normalized spacial score (nSPS) is 14.6. The summed E-state index contributed by atoms with van der Waals surface area (Å²) in [7, 11) is 1.60. The number of anilines is 2. The number of carboxylic acid groups (broad SMARTS) is 1. The van der Waals surface area contributed by atoms with Crippen LogP contribution in [-0.4, -0.2) is 39.3 Å². The Balaban J connectivity index is 1.89. The van der Waals surface area contributed by atoms with Crippen molar-refractivity contribution in [3.8, 4) is 5.88 Å². The van der Waals surface area contributed by atoms with Gasteiger partial charge in [0.2, 0.25) is 11.8 Å². The molecule has 0 aliphatic carbocycles. The molecule has 1 N–H and O–H groups in total. The Hall–Kier alpha value is -2.80. The molecule has 1 atom stereocenters. The number of ether oxygens (including phenoxy) is 1. The number of hydrogen-bond acceptors (Lipinski definition) is 5. The summed E-state index contributed by atoms with van der Waals surface area (Å²) >= 11 is 6.53. The lowest BCUT2D eigenvalue weighted by molar-refractivity contribution is -0.137. The quantitative estimate of drug-likeness (QED) is 0.600. The van der Waals surface area contributed by atoms with Gasteiger partial charge in [-0.15, -0.1) is 0 Å². The highest BCUT2D eigenvalue weighted by atomic mass is 35.5. The molecule has 0 amide bonds. The van der Waals surface area contributed by atoms with Crippen LogP contribution in [0.3, 0.4) is 0 Å². The Labute approximate surface area is 180 Å². The number of rotatable bonds is 6. The van der Waals surface area contributed by atoms with Gasteiger partial charge in [0.1, 0.15) is 5.52 Å². The van der Waals surface area contributed by atoms with Gasteiger partial charge in [-0.3, -0.25) is 4.79 Å². The summed E-state index contributed by atoms with van der Waals surface area (Å²) in [6, 6.07) is 7.63. The molecule has 4 rings (SSSR count). The van der Waals surface area contributed by atoms with Crippen LogP contribution in [-0.2, 0) is 11.3 Å². The second-order valence-electron chi connectivity index (χ2n) is 7.56. The highest BCUT2D eigenvalue weighted by molar-refractivity contribution is 6.35. The monoisotopic (exact) mass is 428 g/mol. The van der Waals surface area contributed by atoms with E-state index in [0.717, 1.165) is 59.9 Å². The van der Waals surface area contributed by atoms with E-state index in [1.807, 2.05) is 38.1 Å². The van der Waals surface area contributed by atoms with Gasteiger partial charge >= 0.3 is 5.97 Å². The molecule has 1 unspecified atom stereocenters. The van der Waals surface area contributed by atoms with Crippen LogP contribution < -0.4 is 9.64 Å². The van der Waals surface area contributed by atoms with Crippen molar-refractivity contribution >= 4 is 40.2 Å². The van der Waals surface area contributed by atoms with Crippen molar-refractivity contribution in [3.63, 3.8) is 0 Å². The lowest BCUT2D eigenvalue weighted by Crippen LogP contribution is -2.29. The van der Waals surface area contributed by atoms with Crippen LogP contribution in [0.4, 0.5) is 11.6 Å². The lowest BCUT2D eigenvalue weighted by Gasteiger charge is -2.30. The van der Waals surface area contributed by atoms with Crippen LogP contribution >= 0.6 is 11.6 Å². The topological polar surface area (TPSA) is 80.5 Å². The molecule has 8 heteroatoms. The molecular weight excluding hydrogens is 404 g/mol. The Kier molecular flexibility index (Phi) is 5.56. The number of aliphatic carboxylic acids is 1. The second kappa shape index (κ2) is 8.14. The van der Waals surface area contributed by atoms with Crippen LogP contribution in [0.15, 0.2) is 24.3 Å². The Morgan fingerprint density at radius 2 is 2.07 bits per heavy atom. The van der Waals surface area contributed by atoms with E-state index in [9.17, 15) is 9.90 Å². The average Bonchev–Trinajstić information content (AvgIpc) is 3.13. The van der Waals surface area contributed by atoms with E-state index in [1.165, 1.54) is 0 Å². The fraction of sp³-hybridized carbons (Fsp3) is 0.409. The summed E-state index contributed by atoms with van der Waals surface area (Å²) in [6.45, 7) is 5.59. The van der Waals surface area contributed by atoms with Crippen LogP contribution in [0.25, 0.3) is 11.0 Å². The maximum absolute atomic E-state index is 11.4. The molecule has 3 heterocycles. The number of aromatic nitrogens is 3. The number of benzene rings is 1. The third-order valence-electron chi connectivity index (χ3n) is 5.75. The van der Waals surface area contributed by atoms with Gasteiger partial charge in [-0.25, -0.2) is 9.97 Å². The van der Waals surface area contributed by atoms with Crippen molar-refractivity contribution in [2.45, 2.75) is 45.6 Å². The van der Waals surface area contributed by atoms with E-state index in [2.05, 4.69) is 14.5 Å². The van der Waals surface area contributed by atoms with Crippen molar-refractivity contribution in [3.05, 3.63) is 40.5 Å². The molecule has 1 aliphatic rings. The van der Waals surface area contributed by atoms with E-state index < -0.39 is 5.97 Å². The van der Waals surface area contributed by atoms with E-state index in [1.54, 1.807) is 7.11 Å². The van der Waals surface area contributed by atoms with Crippen molar-refractivity contribution in [2.75, 3.05) is 18.6 Å². The third kappa shape index (κ3) is 3.47. The number of aryl methyl sites for hydroxylation is 2. The predicted octanol–water partition coefficient (Wildman–Crippen LogP) is 4.91. The smallest absolute Gasteiger partial charge is 0.303 e. The fourth-order valence-electron chi connectivity index (χ4n) is 4.30. The molecule has 1 aliphatic heterocycles. The molecule has 1 aromatic carbocycles. The number of carbonyl (C=O) groups is 1. The third-order valence-corrected chi connectivity index (χ3v) is 6.05. The SMILES string of the molecule is CCC(CC(=O)O)c1ccc(Cl)c2nc3n(c12)CCCN3c1ccc(OC)nc1C. The first-order valence-corrected chi connectivity index (χ1v) is 10.5. The molecule has 0 spiro atoms. The first-order valence-electron chi connectivity index (χ1n) is 10.1. The van der Waals surface area contributed by atoms with Crippen molar-refractivity contribution in [2.24, 2.45) is 0 Å². The van der Waals surface area contributed by atoms with Crippen molar-refractivity contribution < 1.29 is 14.6 Å². The van der Waals surface area contributed by atoms with Gasteiger partial charge in [0.25, 0.3) is 0 Å². The number of pyridine rings is 1. The number of nitrogens with zero attached hydrogens (tertiary/aromatic N) is 4. The molecule has 0 saturated heterocycles. The zero-order chi connectivity index (χ0) is 21.4. The standard InChI is InChI=1S/C22H25ClN4O3/c1-4-14(12-19(28)29)15-6-7-16(23)20-21(15)27-11-5-10-26(22(27)25-20)17-8-9-18(30-3)24-13(17)2/h6-9,14H,4-5,10-12H2,1-3H3,(H,28,29). The number of halogens is 1.